The number of amides is 1. The van der Waals surface area contributed by atoms with Crippen LogP contribution in [0.4, 0.5) is 5.69 Å². The highest BCUT2D eigenvalue weighted by molar-refractivity contribution is 7.92. The molecule has 11 heteroatoms. The van der Waals surface area contributed by atoms with Gasteiger partial charge in [0.15, 0.2) is 9.84 Å². The van der Waals surface area contributed by atoms with E-state index >= 15 is 0 Å². The molecule has 0 bridgehead atoms. The van der Waals surface area contributed by atoms with Crippen LogP contribution >= 0.6 is 11.3 Å². The lowest BCUT2D eigenvalue weighted by molar-refractivity contribution is -0.132. The van der Waals surface area contributed by atoms with Gasteiger partial charge in [0.05, 0.1) is 23.5 Å². The molecule has 1 amide bonds. The number of thiazole rings is 1. The lowest BCUT2D eigenvalue weighted by Gasteiger charge is -2.37. The van der Waals surface area contributed by atoms with E-state index in [-0.39, 0.29) is 28.5 Å². The van der Waals surface area contributed by atoms with Crippen LogP contribution in [0.3, 0.4) is 0 Å². The summed E-state index contributed by atoms with van der Waals surface area (Å²) in [6.45, 7) is 3.20. The number of nitrogens with one attached hydrogen (secondary N) is 2. The summed E-state index contributed by atoms with van der Waals surface area (Å²) in [5.41, 5.74) is 2.21. The molecule has 1 aliphatic rings. The Hall–Kier alpha value is -2.97. The van der Waals surface area contributed by atoms with Crippen molar-refractivity contribution in [3.63, 3.8) is 0 Å². The van der Waals surface area contributed by atoms with E-state index in [4.69, 9.17) is 5.26 Å². The second-order valence-corrected chi connectivity index (χ2v) is 11.1. The van der Waals surface area contributed by atoms with Crippen LogP contribution in [0.5, 0.6) is 0 Å². The number of aromatic nitrogens is 3. The Morgan fingerprint density at radius 2 is 2.19 bits per heavy atom. The fraction of sp³-hybridized carbons (Fsp3) is 0.400. The first-order valence-electron chi connectivity index (χ1n) is 9.80. The van der Waals surface area contributed by atoms with Crippen molar-refractivity contribution in [1.29, 1.82) is 5.26 Å². The predicted molar refractivity (Wildman–Crippen MR) is 118 cm³/mol. The lowest BCUT2D eigenvalue weighted by Crippen LogP contribution is -2.48. The fourth-order valence-electron chi connectivity index (χ4n) is 3.92. The van der Waals surface area contributed by atoms with Gasteiger partial charge in [0.2, 0.25) is 5.91 Å². The monoisotopic (exact) mass is 458 g/mol. The van der Waals surface area contributed by atoms with Gasteiger partial charge in [0, 0.05) is 43.2 Å². The summed E-state index contributed by atoms with van der Waals surface area (Å²) >= 11 is 1.10. The number of aromatic amines is 1. The average Bonchev–Trinajstić information content (AvgIpc) is 3.37. The number of fused-ring (bicyclic) bond motifs is 1. The van der Waals surface area contributed by atoms with Crippen LogP contribution in [-0.2, 0) is 14.6 Å². The van der Waals surface area contributed by atoms with Gasteiger partial charge in [0.25, 0.3) is 0 Å². The normalized spacial score (nSPS) is 19.3. The minimum atomic E-state index is -3.35. The Labute approximate surface area is 184 Å². The highest BCUT2D eigenvalue weighted by atomic mass is 32.2. The summed E-state index contributed by atoms with van der Waals surface area (Å²) in [4.78, 5) is 25.9. The van der Waals surface area contributed by atoms with Crippen molar-refractivity contribution in [2.24, 2.45) is 5.92 Å². The molecule has 4 heterocycles. The van der Waals surface area contributed by atoms with Crippen LogP contribution in [0, 0.1) is 17.2 Å². The number of likely N-dealkylation sites (tertiary alicyclic amines) is 1. The van der Waals surface area contributed by atoms with E-state index in [0.29, 0.717) is 29.3 Å². The SMILES string of the molecule is C[C@H]1C[C@@H](Nc2c(-c3ncc(S(C)(=O)=O)s3)cnc3[nH]ccc23)CN(C(=O)CC#N)C1. The van der Waals surface area contributed by atoms with Gasteiger partial charge < -0.3 is 15.2 Å². The summed E-state index contributed by atoms with van der Waals surface area (Å²) < 4.78 is 24.0. The van der Waals surface area contributed by atoms with Gasteiger partial charge in [-0.1, -0.05) is 6.92 Å². The zero-order valence-electron chi connectivity index (χ0n) is 17.1. The van der Waals surface area contributed by atoms with E-state index in [1.54, 1.807) is 17.3 Å². The molecular weight excluding hydrogens is 436 g/mol. The lowest BCUT2D eigenvalue weighted by atomic mass is 9.95. The van der Waals surface area contributed by atoms with Crippen molar-refractivity contribution in [3.8, 4) is 16.6 Å². The maximum atomic E-state index is 12.3. The van der Waals surface area contributed by atoms with Gasteiger partial charge in [-0.2, -0.15) is 5.26 Å². The molecule has 162 valence electrons. The number of hydrogen-bond acceptors (Lipinski definition) is 8. The first-order valence-corrected chi connectivity index (χ1v) is 12.5. The molecule has 1 aliphatic heterocycles. The maximum Gasteiger partial charge on any atom is 0.236 e. The molecule has 2 atom stereocenters. The number of nitrogens with zero attached hydrogens (tertiary/aromatic N) is 4. The number of H-pyrrole nitrogens is 1. The van der Waals surface area contributed by atoms with Gasteiger partial charge in [-0.25, -0.2) is 18.4 Å². The van der Waals surface area contributed by atoms with Crippen LogP contribution in [0.25, 0.3) is 21.6 Å². The Morgan fingerprint density at radius 1 is 1.39 bits per heavy atom. The van der Waals surface area contributed by atoms with Gasteiger partial charge in [-0.15, -0.1) is 11.3 Å². The van der Waals surface area contributed by atoms with Gasteiger partial charge in [-0.05, 0) is 18.4 Å². The highest BCUT2D eigenvalue weighted by Gasteiger charge is 2.29. The molecule has 1 fully saturated rings. The van der Waals surface area contributed by atoms with Crippen molar-refractivity contribution in [2.45, 2.75) is 30.0 Å². The number of anilines is 1. The molecule has 0 aliphatic carbocycles. The second-order valence-electron chi connectivity index (χ2n) is 7.86. The molecule has 9 nitrogen and oxygen atoms in total. The molecule has 0 saturated carbocycles. The topological polar surface area (TPSA) is 132 Å². The summed E-state index contributed by atoms with van der Waals surface area (Å²) in [7, 11) is -3.35. The molecule has 1 saturated heterocycles. The Kier molecular flexibility index (Phi) is 5.68. The van der Waals surface area contributed by atoms with Crippen molar-refractivity contribution in [1.82, 2.24) is 19.9 Å². The molecule has 3 aromatic rings. The number of nitriles is 1. The van der Waals surface area contributed by atoms with E-state index in [9.17, 15) is 13.2 Å². The van der Waals surface area contributed by atoms with Crippen LogP contribution in [0.1, 0.15) is 19.8 Å². The highest BCUT2D eigenvalue weighted by Crippen LogP contribution is 2.37. The number of carbonyl (C=O) groups excluding carboxylic acids is 1. The third-order valence-corrected chi connectivity index (χ3v) is 8.08. The van der Waals surface area contributed by atoms with Crippen LogP contribution in [-0.4, -0.2) is 59.6 Å². The number of piperidine rings is 1. The molecule has 4 rings (SSSR count). The van der Waals surface area contributed by atoms with Gasteiger partial charge in [0.1, 0.15) is 21.3 Å². The standard InChI is InChI=1S/C20H22N6O3S2/c1-12-7-13(11-26(10-12)16(27)3-5-21)25-18-14-4-6-22-19(14)23-8-15(18)20-24-9-17(30-20)31(2,28)29/h4,6,8-9,12-13H,3,7,10-11H2,1-2H3,(H2,22,23,25)/t12-,13+/m0/s1. The summed E-state index contributed by atoms with van der Waals surface area (Å²) in [5, 5.41) is 13.9. The second kappa shape index (κ2) is 8.28. The number of pyridine rings is 1. The molecule has 0 radical (unpaired) electrons. The molecule has 0 aromatic carbocycles. The van der Waals surface area contributed by atoms with Crippen molar-refractivity contribution >= 4 is 43.8 Å². The van der Waals surface area contributed by atoms with Crippen LogP contribution in [0.2, 0.25) is 0 Å². The molecule has 31 heavy (non-hydrogen) atoms. The third kappa shape index (κ3) is 4.40. The maximum absolute atomic E-state index is 12.3. The summed E-state index contributed by atoms with van der Waals surface area (Å²) in [5.74, 6) is 0.109. The number of carbonyl (C=O) groups is 1. The third-order valence-electron chi connectivity index (χ3n) is 5.26. The first-order chi connectivity index (χ1) is 14.8. The Bertz CT molecular complexity index is 1270. The van der Waals surface area contributed by atoms with Crippen molar-refractivity contribution in [3.05, 3.63) is 24.7 Å². The quantitative estimate of drug-likeness (QED) is 0.601. The zero-order chi connectivity index (χ0) is 22.2. The fourth-order valence-corrected chi connectivity index (χ4v) is 5.68. The molecule has 0 spiro atoms. The number of rotatable bonds is 5. The van der Waals surface area contributed by atoms with E-state index < -0.39 is 9.84 Å². The first kappa shape index (κ1) is 21.3. The summed E-state index contributed by atoms with van der Waals surface area (Å²) in [6, 6.07) is 3.81. The molecule has 3 aromatic heterocycles. The van der Waals surface area contributed by atoms with Crippen LogP contribution in [0.15, 0.2) is 28.9 Å². The smallest absolute Gasteiger partial charge is 0.236 e. The summed E-state index contributed by atoms with van der Waals surface area (Å²) in [6.07, 6.45) is 6.73. The van der Waals surface area contributed by atoms with E-state index in [1.807, 2.05) is 12.1 Å². The molecule has 2 N–H and O–H groups in total. The predicted octanol–water partition coefficient (Wildman–Crippen LogP) is 2.65. The minimum absolute atomic E-state index is 0.0278. The Morgan fingerprint density at radius 3 is 2.90 bits per heavy atom. The van der Waals surface area contributed by atoms with Gasteiger partial charge >= 0.3 is 0 Å². The van der Waals surface area contributed by atoms with E-state index in [2.05, 4.69) is 27.2 Å². The Balaban J connectivity index is 1.70. The van der Waals surface area contributed by atoms with E-state index in [1.165, 1.54) is 6.20 Å². The molecule has 0 unspecified atom stereocenters. The zero-order valence-corrected chi connectivity index (χ0v) is 18.8. The number of sulfone groups is 1. The minimum Gasteiger partial charge on any atom is -0.379 e. The van der Waals surface area contributed by atoms with Gasteiger partial charge in [-0.3, -0.25) is 4.79 Å². The van der Waals surface area contributed by atoms with Crippen molar-refractivity contribution < 1.29 is 13.2 Å². The number of hydrogen-bond donors (Lipinski definition) is 2. The van der Waals surface area contributed by atoms with E-state index in [0.717, 1.165) is 35.1 Å². The van der Waals surface area contributed by atoms with Crippen LogP contribution < -0.4 is 5.32 Å². The largest absolute Gasteiger partial charge is 0.379 e. The van der Waals surface area contributed by atoms with Crippen molar-refractivity contribution in [2.75, 3.05) is 24.7 Å². The molecular formula is C20H22N6O3S2. The average molecular weight is 459 g/mol.